The molecule has 0 saturated heterocycles. The first kappa shape index (κ1) is 27.6. The number of rotatable bonds is 12. The Kier molecular flexibility index (Phi) is 9.48. The number of carbonyl (C=O) groups is 1. The van der Waals surface area contributed by atoms with Crippen molar-refractivity contribution in [2.45, 2.75) is 57.8 Å². The Morgan fingerprint density at radius 1 is 1.06 bits per heavy atom. The number of sulfonamides is 1. The number of nitrogens with zero attached hydrogens (tertiary/aromatic N) is 2. The van der Waals surface area contributed by atoms with Gasteiger partial charge < -0.3 is 9.84 Å². The molecule has 0 fully saturated rings. The van der Waals surface area contributed by atoms with E-state index in [1.807, 2.05) is 6.92 Å². The lowest BCUT2D eigenvalue weighted by molar-refractivity contribution is -0.274. The molecule has 0 heterocycles. The molecule has 0 saturated carbocycles. The van der Waals surface area contributed by atoms with Gasteiger partial charge in [-0.3, -0.25) is 4.79 Å². The third-order valence-electron chi connectivity index (χ3n) is 4.92. The zero-order valence-electron chi connectivity index (χ0n) is 19.3. The van der Waals surface area contributed by atoms with Crippen LogP contribution in [0.25, 0.3) is 0 Å². The molecule has 0 aliphatic heterocycles. The number of hydrazine groups is 1. The zero-order valence-corrected chi connectivity index (χ0v) is 20.1. The van der Waals surface area contributed by atoms with E-state index in [1.54, 1.807) is 24.9 Å². The maximum Gasteiger partial charge on any atom is 0.573 e. The fourth-order valence-corrected chi connectivity index (χ4v) is 5.17. The summed E-state index contributed by atoms with van der Waals surface area (Å²) in [4.78, 5) is 11.1. The predicted molar refractivity (Wildman–Crippen MR) is 121 cm³/mol. The lowest BCUT2D eigenvalue weighted by Crippen LogP contribution is -2.46. The van der Waals surface area contributed by atoms with Gasteiger partial charge in [0.2, 0.25) is 0 Å². The number of carboxylic acid groups (broad SMARTS) is 1. The summed E-state index contributed by atoms with van der Waals surface area (Å²) in [5, 5.41) is 10.7. The van der Waals surface area contributed by atoms with Crippen molar-refractivity contribution in [3.63, 3.8) is 0 Å². The summed E-state index contributed by atoms with van der Waals surface area (Å²) in [6.07, 6.45) is -3.60. The number of unbranched alkanes of at least 4 members (excludes halogenated alkanes) is 1. The highest BCUT2D eigenvalue weighted by Gasteiger charge is 2.31. The Bertz CT molecular complexity index is 1070. The summed E-state index contributed by atoms with van der Waals surface area (Å²) in [5.41, 5.74) is 1.60. The van der Waals surface area contributed by atoms with Crippen LogP contribution >= 0.6 is 0 Å². The SMILES string of the molecule is CCCCN(Cc1ccc(OC(F)(F)F)cc1)N(CC)S(=O)(=O)c1cc(C)cc(CC(=O)O)c1. The normalized spacial score (nSPS) is 12.4. The zero-order chi connectivity index (χ0) is 25.5. The first-order chi connectivity index (χ1) is 15.9. The maximum atomic E-state index is 13.6. The van der Waals surface area contributed by atoms with Crippen LogP contribution in [-0.2, 0) is 27.8 Å². The van der Waals surface area contributed by atoms with Crippen LogP contribution in [0.4, 0.5) is 13.2 Å². The van der Waals surface area contributed by atoms with Gasteiger partial charge in [-0.2, -0.15) is 0 Å². The summed E-state index contributed by atoms with van der Waals surface area (Å²) >= 11 is 0. The van der Waals surface area contributed by atoms with E-state index >= 15 is 0 Å². The van der Waals surface area contributed by atoms with Crippen LogP contribution in [0.5, 0.6) is 5.75 Å². The molecule has 2 aromatic rings. The second kappa shape index (κ2) is 11.7. The molecule has 0 amide bonds. The minimum Gasteiger partial charge on any atom is -0.481 e. The van der Waals surface area contributed by atoms with E-state index in [1.165, 1.54) is 40.8 Å². The Balaban J connectivity index is 2.36. The highest BCUT2D eigenvalue weighted by molar-refractivity contribution is 7.89. The van der Waals surface area contributed by atoms with Crippen molar-refractivity contribution in [1.82, 2.24) is 9.42 Å². The van der Waals surface area contributed by atoms with E-state index in [0.717, 1.165) is 6.42 Å². The minimum absolute atomic E-state index is 0.0129. The molecule has 0 aliphatic carbocycles. The van der Waals surface area contributed by atoms with E-state index in [0.29, 0.717) is 29.7 Å². The maximum absolute atomic E-state index is 13.6. The van der Waals surface area contributed by atoms with Gasteiger partial charge in [0.1, 0.15) is 5.75 Å². The quantitative estimate of drug-likeness (QED) is 0.422. The van der Waals surface area contributed by atoms with E-state index in [9.17, 15) is 26.4 Å². The van der Waals surface area contributed by atoms with E-state index < -0.39 is 22.4 Å². The van der Waals surface area contributed by atoms with Crippen molar-refractivity contribution in [1.29, 1.82) is 0 Å². The fourth-order valence-electron chi connectivity index (χ4n) is 3.51. The number of carboxylic acids is 1. The van der Waals surface area contributed by atoms with Gasteiger partial charge in [0.25, 0.3) is 10.0 Å². The number of aryl methyl sites for hydroxylation is 1. The van der Waals surface area contributed by atoms with E-state index in [2.05, 4.69) is 4.74 Å². The fraction of sp³-hybridized carbons (Fsp3) is 0.435. The van der Waals surface area contributed by atoms with Crippen molar-refractivity contribution >= 4 is 16.0 Å². The highest BCUT2D eigenvalue weighted by atomic mass is 32.2. The van der Waals surface area contributed by atoms with E-state index in [4.69, 9.17) is 5.11 Å². The Labute approximate surface area is 197 Å². The number of ether oxygens (including phenoxy) is 1. The molecular weight excluding hydrogens is 473 g/mol. The number of hydrogen-bond donors (Lipinski definition) is 1. The summed E-state index contributed by atoms with van der Waals surface area (Å²) in [7, 11) is -4.02. The Morgan fingerprint density at radius 3 is 2.24 bits per heavy atom. The molecule has 0 aromatic heterocycles. The van der Waals surface area contributed by atoms with Gasteiger partial charge in [-0.25, -0.2) is 13.4 Å². The number of hydrogen-bond acceptors (Lipinski definition) is 5. The standard InChI is InChI=1S/C23H29F3N2O5S/c1-4-6-11-27(16-18-7-9-20(10-8-18)33-23(24,25)26)28(5-2)34(31,32)21-13-17(3)12-19(14-21)15-22(29)30/h7-10,12-14H,4-6,11,15-16H2,1-3H3,(H,29,30). The lowest BCUT2D eigenvalue weighted by atomic mass is 10.1. The second-order valence-corrected chi connectivity index (χ2v) is 9.64. The van der Waals surface area contributed by atoms with Crippen molar-refractivity contribution in [2.24, 2.45) is 0 Å². The van der Waals surface area contributed by atoms with Crippen LogP contribution < -0.4 is 4.74 Å². The van der Waals surface area contributed by atoms with Gasteiger partial charge in [-0.05, 0) is 61.2 Å². The van der Waals surface area contributed by atoms with Crippen LogP contribution in [0.15, 0.2) is 47.4 Å². The highest BCUT2D eigenvalue weighted by Crippen LogP contribution is 2.25. The van der Waals surface area contributed by atoms with E-state index in [-0.39, 0.29) is 30.2 Å². The lowest BCUT2D eigenvalue weighted by Gasteiger charge is -2.33. The van der Waals surface area contributed by atoms with Gasteiger partial charge >= 0.3 is 12.3 Å². The smallest absolute Gasteiger partial charge is 0.481 e. The third-order valence-corrected chi connectivity index (χ3v) is 6.79. The molecule has 11 heteroatoms. The topological polar surface area (TPSA) is 87.2 Å². The molecule has 1 N–H and O–H groups in total. The molecule has 0 radical (unpaired) electrons. The number of alkyl halides is 3. The Morgan fingerprint density at radius 2 is 1.71 bits per heavy atom. The van der Waals surface area contributed by atoms with Crippen molar-refractivity contribution in [3.05, 3.63) is 59.2 Å². The second-order valence-electron chi connectivity index (χ2n) is 7.80. The van der Waals surface area contributed by atoms with Gasteiger partial charge in [0.15, 0.2) is 0 Å². The summed E-state index contributed by atoms with van der Waals surface area (Å²) in [6, 6.07) is 9.76. The number of halogens is 3. The third kappa shape index (κ3) is 8.00. The van der Waals surface area contributed by atoms with Crippen molar-refractivity contribution in [2.75, 3.05) is 13.1 Å². The number of aliphatic carboxylic acids is 1. The summed E-state index contributed by atoms with van der Waals surface area (Å²) in [6.45, 7) is 6.00. The van der Waals surface area contributed by atoms with Crippen molar-refractivity contribution < 1.29 is 36.2 Å². The summed E-state index contributed by atoms with van der Waals surface area (Å²) < 4.78 is 69.5. The molecule has 34 heavy (non-hydrogen) atoms. The monoisotopic (exact) mass is 502 g/mol. The molecule has 2 aromatic carbocycles. The van der Waals surface area contributed by atoms with Crippen LogP contribution in [0.1, 0.15) is 43.4 Å². The first-order valence-corrected chi connectivity index (χ1v) is 12.2. The molecule has 7 nitrogen and oxygen atoms in total. The van der Waals surface area contributed by atoms with Gasteiger partial charge in [-0.15, -0.1) is 17.6 Å². The molecule has 0 bridgehead atoms. The molecule has 188 valence electrons. The van der Waals surface area contributed by atoms with Gasteiger partial charge in [0, 0.05) is 19.6 Å². The predicted octanol–water partition coefficient (Wildman–Crippen LogP) is 4.75. The largest absolute Gasteiger partial charge is 0.573 e. The molecule has 0 atom stereocenters. The molecular formula is C23H29F3N2O5S. The molecule has 2 rings (SSSR count). The first-order valence-electron chi connectivity index (χ1n) is 10.8. The average molecular weight is 503 g/mol. The van der Waals surface area contributed by atoms with Crippen LogP contribution in [0.2, 0.25) is 0 Å². The molecule has 0 aliphatic rings. The van der Waals surface area contributed by atoms with Gasteiger partial charge in [0.05, 0.1) is 11.3 Å². The van der Waals surface area contributed by atoms with Crippen molar-refractivity contribution in [3.8, 4) is 5.75 Å². The molecule has 0 unspecified atom stereocenters. The van der Waals surface area contributed by atoms with Gasteiger partial charge in [-0.1, -0.05) is 31.5 Å². The van der Waals surface area contributed by atoms with Crippen LogP contribution in [-0.4, -0.2) is 48.4 Å². The summed E-state index contributed by atoms with van der Waals surface area (Å²) in [5.74, 6) is -1.43. The minimum atomic E-state index is -4.80. The number of benzene rings is 2. The molecule has 0 spiro atoms. The average Bonchev–Trinajstić information content (AvgIpc) is 2.71. The van der Waals surface area contributed by atoms with Crippen LogP contribution in [0.3, 0.4) is 0 Å². The Hall–Kier alpha value is -2.63. The van der Waals surface area contributed by atoms with Crippen LogP contribution in [0, 0.1) is 6.92 Å².